The van der Waals surface area contributed by atoms with Crippen LogP contribution in [0.4, 0.5) is 5.69 Å². The van der Waals surface area contributed by atoms with Crippen molar-refractivity contribution in [3.8, 4) is 0 Å². The maximum Gasteiger partial charge on any atom is 0.303 e. The van der Waals surface area contributed by atoms with E-state index in [1.54, 1.807) is 11.9 Å². The van der Waals surface area contributed by atoms with E-state index in [-0.39, 0.29) is 18.2 Å². The molecule has 0 radical (unpaired) electrons. The fourth-order valence-corrected chi connectivity index (χ4v) is 2.68. The predicted molar refractivity (Wildman–Crippen MR) is 73.5 cm³/mol. The van der Waals surface area contributed by atoms with Gasteiger partial charge in [0.25, 0.3) is 0 Å². The molecule has 0 bridgehead atoms. The summed E-state index contributed by atoms with van der Waals surface area (Å²) in [5.74, 6) is -0.786. The number of carbonyl (C=O) groups is 2. The second-order valence-electron chi connectivity index (χ2n) is 5.76. The second kappa shape index (κ2) is 4.37. The summed E-state index contributed by atoms with van der Waals surface area (Å²) in [7, 11) is 1.77. The quantitative estimate of drug-likeness (QED) is 0.909. The Hall–Kier alpha value is -1.84. The maximum atomic E-state index is 12.2. The zero-order valence-corrected chi connectivity index (χ0v) is 11.7. The summed E-state index contributed by atoms with van der Waals surface area (Å²) in [6.45, 7) is 5.70. The SMILES string of the molecule is CC(CC(=O)O)c1ccc2c(c1)C(C)(C)C(=O)N2C. The van der Waals surface area contributed by atoms with Gasteiger partial charge in [-0.2, -0.15) is 0 Å². The molecule has 1 atom stereocenters. The summed E-state index contributed by atoms with van der Waals surface area (Å²) in [6.07, 6.45) is 0.100. The van der Waals surface area contributed by atoms with Gasteiger partial charge in [0.1, 0.15) is 0 Å². The molecule has 1 aromatic carbocycles. The van der Waals surface area contributed by atoms with Crippen LogP contribution in [-0.4, -0.2) is 24.0 Å². The molecule has 102 valence electrons. The predicted octanol–water partition coefficient (Wildman–Crippen LogP) is 2.52. The molecule has 4 heteroatoms. The number of anilines is 1. The van der Waals surface area contributed by atoms with Crippen LogP contribution < -0.4 is 4.90 Å². The third kappa shape index (κ3) is 2.11. The lowest BCUT2D eigenvalue weighted by Crippen LogP contribution is -2.33. The molecule has 1 N–H and O–H groups in total. The fourth-order valence-electron chi connectivity index (χ4n) is 2.68. The number of rotatable bonds is 3. The molecule has 0 saturated heterocycles. The Morgan fingerprint density at radius 3 is 2.63 bits per heavy atom. The monoisotopic (exact) mass is 261 g/mol. The Morgan fingerprint density at radius 1 is 1.42 bits per heavy atom. The highest BCUT2D eigenvalue weighted by atomic mass is 16.4. The van der Waals surface area contributed by atoms with Gasteiger partial charge in [-0.05, 0) is 37.0 Å². The number of carboxylic acid groups (broad SMARTS) is 1. The van der Waals surface area contributed by atoms with Gasteiger partial charge < -0.3 is 10.0 Å². The Kier molecular flexibility index (Phi) is 3.12. The highest BCUT2D eigenvalue weighted by Crippen LogP contribution is 2.42. The summed E-state index contributed by atoms with van der Waals surface area (Å²) in [4.78, 5) is 24.6. The fraction of sp³-hybridized carbons (Fsp3) is 0.467. The van der Waals surface area contributed by atoms with Crippen LogP contribution in [0.25, 0.3) is 0 Å². The number of hydrogen-bond donors (Lipinski definition) is 1. The number of nitrogens with zero attached hydrogens (tertiary/aromatic N) is 1. The van der Waals surface area contributed by atoms with Gasteiger partial charge in [-0.3, -0.25) is 9.59 Å². The molecule has 0 aromatic heterocycles. The molecule has 1 aliphatic heterocycles. The summed E-state index contributed by atoms with van der Waals surface area (Å²) in [5, 5.41) is 8.86. The second-order valence-corrected chi connectivity index (χ2v) is 5.76. The van der Waals surface area contributed by atoms with Crippen molar-refractivity contribution in [2.45, 2.75) is 38.5 Å². The van der Waals surface area contributed by atoms with E-state index in [1.165, 1.54) is 0 Å². The number of fused-ring (bicyclic) bond motifs is 1. The highest BCUT2D eigenvalue weighted by molar-refractivity contribution is 6.07. The summed E-state index contributed by atoms with van der Waals surface area (Å²) < 4.78 is 0. The van der Waals surface area contributed by atoms with Crippen LogP contribution in [-0.2, 0) is 15.0 Å². The molecule has 1 unspecified atom stereocenters. The van der Waals surface area contributed by atoms with Crippen molar-refractivity contribution < 1.29 is 14.7 Å². The van der Waals surface area contributed by atoms with Crippen molar-refractivity contribution in [1.82, 2.24) is 0 Å². The Labute approximate surface area is 113 Å². The van der Waals surface area contributed by atoms with Gasteiger partial charge in [0.15, 0.2) is 0 Å². The first-order valence-corrected chi connectivity index (χ1v) is 6.39. The minimum Gasteiger partial charge on any atom is -0.481 e. The number of likely N-dealkylation sites (N-methyl/N-ethyl adjacent to an activating group) is 1. The van der Waals surface area contributed by atoms with Gasteiger partial charge in [-0.15, -0.1) is 0 Å². The minimum atomic E-state index is -0.805. The molecule has 1 amide bonds. The van der Waals surface area contributed by atoms with Gasteiger partial charge in [-0.25, -0.2) is 0 Å². The lowest BCUT2D eigenvalue weighted by Gasteiger charge is -2.17. The smallest absolute Gasteiger partial charge is 0.303 e. The molecule has 4 nitrogen and oxygen atoms in total. The summed E-state index contributed by atoms with van der Waals surface area (Å²) in [6, 6.07) is 5.80. The van der Waals surface area contributed by atoms with E-state index in [2.05, 4.69) is 0 Å². The van der Waals surface area contributed by atoms with E-state index in [0.29, 0.717) is 0 Å². The van der Waals surface area contributed by atoms with Crippen LogP contribution in [0, 0.1) is 0 Å². The first-order chi connectivity index (χ1) is 8.75. The van der Waals surface area contributed by atoms with Crippen molar-refractivity contribution >= 4 is 17.6 Å². The highest BCUT2D eigenvalue weighted by Gasteiger charge is 2.42. The normalized spacial score (nSPS) is 18.3. The molecule has 0 spiro atoms. The number of hydrogen-bond acceptors (Lipinski definition) is 2. The van der Waals surface area contributed by atoms with Crippen LogP contribution in [0.3, 0.4) is 0 Å². The average Bonchev–Trinajstić information content (AvgIpc) is 2.50. The topological polar surface area (TPSA) is 57.6 Å². The molecule has 19 heavy (non-hydrogen) atoms. The molecule has 0 fully saturated rings. The van der Waals surface area contributed by atoms with E-state index < -0.39 is 11.4 Å². The molecule has 0 aliphatic carbocycles. The third-order valence-corrected chi connectivity index (χ3v) is 3.94. The van der Waals surface area contributed by atoms with E-state index >= 15 is 0 Å². The lowest BCUT2D eigenvalue weighted by molar-refractivity contribution is -0.137. The van der Waals surface area contributed by atoms with Crippen molar-refractivity contribution in [2.24, 2.45) is 0 Å². The number of benzene rings is 1. The van der Waals surface area contributed by atoms with Gasteiger partial charge in [0, 0.05) is 12.7 Å². The zero-order valence-electron chi connectivity index (χ0n) is 11.7. The van der Waals surface area contributed by atoms with E-state index in [9.17, 15) is 9.59 Å². The summed E-state index contributed by atoms with van der Waals surface area (Å²) in [5.41, 5.74) is 2.33. The van der Waals surface area contributed by atoms with Crippen molar-refractivity contribution in [2.75, 3.05) is 11.9 Å². The van der Waals surface area contributed by atoms with E-state index in [0.717, 1.165) is 16.8 Å². The van der Waals surface area contributed by atoms with E-state index in [1.807, 2.05) is 39.0 Å². The molecule has 2 rings (SSSR count). The zero-order chi connectivity index (χ0) is 14.4. The van der Waals surface area contributed by atoms with Crippen LogP contribution in [0.15, 0.2) is 18.2 Å². The average molecular weight is 261 g/mol. The van der Waals surface area contributed by atoms with Gasteiger partial charge in [0.2, 0.25) is 5.91 Å². The maximum absolute atomic E-state index is 12.2. The largest absolute Gasteiger partial charge is 0.481 e. The van der Waals surface area contributed by atoms with Crippen molar-refractivity contribution in [3.63, 3.8) is 0 Å². The number of carbonyl (C=O) groups excluding carboxylic acids is 1. The van der Waals surface area contributed by atoms with Crippen LogP contribution in [0.2, 0.25) is 0 Å². The van der Waals surface area contributed by atoms with Gasteiger partial charge >= 0.3 is 5.97 Å². The summed E-state index contributed by atoms with van der Waals surface area (Å²) >= 11 is 0. The molecule has 1 aliphatic rings. The van der Waals surface area contributed by atoms with Crippen molar-refractivity contribution in [3.05, 3.63) is 29.3 Å². The first kappa shape index (κ1) is 13.6. The Balaban J connectivity index is 2.43. The van der Waals surface area contributed by atoms with Crippen LogP contribution in [0.1, 0.15) is 44.2 Å². The molecule has 1 heterocycles. The standard InChI is InChI=1S/C15H19NO3/c1-9(7-13(17)18)10-5-6-12-11(8-10)15(2,3)14(19)16(12)4/h5-6,8-9H,7H2,1-4H3,(H,17,18). The van der Waals surface area contributed by atoms with Gasteiger partial charge in [-0.1, -0.05) is 19.1 Å². The lowest BCUT2D eigenvalue weighted by atomic mass is 9.84. The van der Waals surface area contributed by atoms with Crippen molar-refractivity contribution in [1.29, 1.82) is 0 Å². The Morgan fingerprint density at radius 2 is 2.05 bits per heavy atom. The Bertz CT molecular complexity index is 548. The first-order valence-electron chi connectivity index (χ1n) is 6.39. The molecular formula is C15H19NO3. The molecule has 1 aromatic rings. The van der Waals surface area contributed by atoms with Crippen LogP contribution in [0.5, 0.6) is 0 Å². The van der Waals surface area contributed by atoms with E-state index in [4.69, 9.17) is 5.11 Å². The number of amides is 1. The van der Waals surface area contributed by atoms with Crippen LogP contribution >= 0.6 is 0 Å². The third-order valence-electron chi connectivity index (χ3n) is 3.94. The number of aliphatic carboxylic acids is 1. The molecule has 0 saturated carbocycles. The molecular weight excluding hydrogens is 242 g/mol. The van der Waals surface area contributed by atoms with Gasteiger partial charge in [0.05, 0.1) is 11.8 Å². The number of carboxylic acids is 1. The minimum absolute atomic E-state index is 0.0559.